The lowest BCUT2D eigenvalue weighted by Crippen LogP contribution is -2.41. The summed E-state index contributed by atoms with van der Waals surface area (Å²) in [5.41, 5.74) is 5.83. The van der Waals surface area contributed by atoms with Crippen molar-refractivity contribution in [1.82, 2.24) is 9.80 Å². The molecule has 0 radical (unpaired) electrons. The molecule has 12 nitrogen and oxygen atoms in total. The maximum absolute atomic E-state index is 12.9. The summed E-state index contributed by atoms with van der Waals surface area (Å²) in [6, 6.07) is 13.6. The predicted molar refractivity (Wildman–Crippen MR) is 194 cm³/mol. The monoisotopic (exact) mass is 734 g/mol. The molecule has 4 aliphatic carbocycles. The van der Waals surface area contributed by atoms with E-state index in [0.717, 1.165) is 0 Å². The molecule has 54 heavy (non-hydrogen) atoms. The Labute approximate surface area is 311 Å². The van der Waals surface area contributed by atoms with E-state index in [2.05, 4.69) is 0 Å². The largest absolute Gasteiger partial charge is 0.508 e. The first-order valence-electron chi connectivity index (χ1n) is 18.6. The number of allylic oxidation sites excluding steroid dienone is 8. The molecule has 2 aliphatic heterocycles. The molecular formula is C42H42N2O10. The molecule has 0 saturated heterocycles. The van der Waals surface area contributed by atoms with Gasteiger partial charge in [0.15, 0.2) is 23.1 Å². The minimum absolute atomic E-state index is 0.0460. The van der Waals surface area contributed by atoms with Crippen LogP contribution in [-0.2, 0) is 28.8 Å². The number of carboxylic acid groups (broad SMARTS) is 2. The number of nitrogens with zero attached hydrogens (tertiary/aromatic N) is 2. The molecule has 280 valence electrons. The third kappa shape index (κ3) is 6.54. The van der Waals surface area contributed by atoms with Gasteiger partial charge in [0.1, 0.15) is 24.6 Å². The zero-order valence-electron chi connectivity index (χ0n) is 29.8. The molecule has 0 amide bonds. The number of carbonyl (C=O) groups excluding carboxylic acids is 4. The molecule has 12 heteroatoms. The van der Waals surface area contributed by atoms with Gasteiger partial charge in [-0.1, -0.05) is 36.4 Å². The van der Waals surface area contributed by atoms with Crippen molar-refractivity contribution in [3.05, 3.63) is 105 Å². The standard InChI is InChI=1S/2C21H21NO5/c2*23-15-8-2-1-5-12(15)19-20-13(6-3-9-16(20)24)22(11-18(26)27)14-7-4-10-17(25)21(14)19/h2*1-2,5,8,19,23H,3-4,6-7,9-11H2,(H,26,27). The minimum Gasteiger partial charge on any atom is -0.508 e. The molecule has 2 aromatic rings. The first-order valence-corrected chi connectivity index (χ1v) is 18.6. The van der Waals surface area contributed by atoms with Crippen LogP contribution in [0.5, 0.6) is 11.5 Å². The van der Waals surface area contributed by atoms with Crippen molar-refractivity contribution in [2.45, 2.75) is 88.9 Å². The van der Waals surface area contributed by atoms with Gasteiger partial charge >= 0.3 is 11.9 Å². The molecule has 2 heterocycles. The van der Waals surface area contributed by atoms with Crippen molar-refractivity contribution < 1.29 is 49.2 Å². The fourth-order valence-electron chi connectivity index (χ4n) is 9.17. The highest BCUT2D eigenvalue weighted by Crippen LogP contribution is 2.52. The van der Waals surface area contributed by atoms with E-state index in [9.17, 15) is 49.2 Å². The van der Waals surface area contributed by atoms with Gasteiger partial charge < -0.3 is 30.2 Å². The van der Waals surface area contributed by atoms with Gasteiger partial charge in [-0.3, -0.25) is 28.8 Å². The number of Topliss-reactive ketones (excluding diaryl/α,β-unsaturated/α-hetero) is 4. The van der Waals surface area contributed by atoms with E-state index < -0.39 is 23.8 Å². The first kappa shape index (κ1) is 36.6. The van der Waals surface area contributed by atoms with Crippen molar-refractivity contribution in [2.75, 3.05) is 13.1 Å². The quantitative estimate of drug-likeness (QED) is 0.280. The highest BCUT2D eigenvalue weighted by atomic mass is 16.4. The molecule has 0 saturated carbocycles. The van der Waals surface area contributed by atoms with E-state index >= 15 is 0 Å². The number of ketones is 4. The fourth-order valence-corrected chi connectivity index (χ4v) is 9.17. The van der Waals surface area contributed by atoms with Crippen LogP contribution in [-0.4, -0.2) is 78.4 Å². The lowest BCUT2D eigenvalue weighted by molar-refractivity contribution is -0.138. The van der Waals surface area contributed by atoms with Gasteiger partial charge in [0.2, 0.25) is 0 Å². The summed E-state index contributed by atoms with van der Waals surface area (Å²) in [4.78, 5) is 77.9. The topological polar surface area (TPSA) is 190 Å². The van der Waals surface area contributed by atoms with Crippen LogP contribution in [0.1, 0.15) is 100 Å². The number of phenolic OH excluding ortho intramolecular Hbond substituents is 2. The summed E-state index contributed by atoms with van der Waals surface area (Å²) < 4.78 is 0. The Hall–Kier alpha value is -5.78. The second-order valence-electron chi connectivity index (χ2n) is 14.5. The number of aromatic hydroxyl groups is 2. The van der Waals surface area contributed by atoms with Crippen molar-refractivity contribution in [3.63, 3.8) is 0 Å². The summed E-state index contributed by atoms with van der Waals surface area (Å²) in [5.74, 6) is -3.38. The number of aliphatic carboxylic acids is 2. The van der Waals surface area contributed by atoms with Gasteiger partial charge in [-0.25, -0.2) is 0 Å². The Morgan fingerprint density at radius 2 is 0.759 bits per heavy atom. The van der Waals surface area contributed by atoms with Crippen LogP contribution in [0.15, 0.2) is 93.6 Å². The summed E-state index contributed by atoms with van der Waals surface area (Å²) in [6.07, 6.45) is 6.56. The summed E-state index contributed by atoms with van der Waals surface area (Å²) in [7, 11) is 0. The van der Waals surface area contributed by atoms with Gasteiger partial charge in [-0.15, -0.1) is 0 Å². The normalized spacial score (nSPS) is 20.7. The highest BCUT2D eigenvalue weighted by Gasteiger charge is 2.46. The number of para-hydroxylation sites is 2. The third-order valence-corrected chi connectivity index (χ3v) is 11.3. The molecule has 6 aliphatic rings. The Bertz CT molecular complexity index is 1880. The number of carboxylic acids is 2. The molecule has 0 bridgehead atoms. The smallest absolute Gasteiger partial charge is 0.323 e. The number of benzene rings is 2. The van der Waals surface area contributed by atoms with E-state index in [1.807, 2.05) is 0 Å². The summed E-state index contributed by atoms with van der Waals surface area (Å²) >= 11 is 0. The van der Waals surface area contributed by atoms with Crippen LogP contribution in [0.2, 0.25) is 0 Å². The van der Waals surface area contributed by atoms with Crippen LogP contribution >= 0.6 is 0 Å². The maximum atomic E-state index is 12.9. The summed E-state index contributed by atoms with van der Waals surface area (Å²) in [5, 5.41) is 39.7. The number of carbonyl (C=O) groups is 6. The Morgan fingerprint density at radius 1 is 0.481 bits per heavy atom. The minimum atomic E-state index is -0.995. The fraction of sp³-hybridized carbons (Fsp3) is 0.381. The number of rotatable bonds is 6. The molecule has 0 fully saturated rings. The van der Waals surface area contributed by atoms with Gasteiger partial charge in [0.25, 0.3) is 0 Å². The van der Waals surface area contributed by atoms with Gasteiger partial charge in [0.05, 0.1) is 0 Å². The second-order valence-corrected chi connectivity index (χ2v) is 14.5. The van der Waals surface area contributed by atoms with Crippen LogP contribution in [0.3, 0.4) is 0 Å². The lowest BCUT2D eigenvalue weighted by atomic mass is 9.70. The number of phenols is 2. The van der Waals surface area contributed by atoms with Crippen LogP contribution < -0.4 is 0 Å². The second kappa shape index (κ2) is 14.9. The van der Waals surface area contributed by atoms with Crippen LogP contribution in [0.25, 0.3) is 0 Å². The third-order valence-electron chi connectivity index (χ3n) is 11.3. The average molecular weight is 735 g/mol. The maximum Gasteiger partial charge on any atom is 0.323 e. The first-order chi connectivity index (χ1) is 26.0. The van der Waals surface area contributed by atoms with Crippen molar-refractivity contribution in [1.29, 1.82) is 0 Å². The SMILES string of the molecule is O=C(O)CN1C2=C(C(=O)CCC2)C(c2ccccc2O)C2=C1CCCC2=O.O=C(O)CN1C2=C(C(=O)CCC2)C(c2ccccc2O)C2=C1CCCC2=O. The van der Waals surface area contributed by atoms with E-state index in [-0.39, 0.29) is 47.7 Å². The summed E-state index contributed by atoms with van der Waals surface area (Å²) in [6.45, 7) is -0.516. The van der Waals surface area contributed by atoms with Crippen LogP contribution in [0, 0.1) is 0 Å². The molecule has 2 aromatic carbocycles. The van der Waals surface area contributed by atoms with E-state index in [0.29, 0.717) is 133 Å². The van der Waals surface area contributed by atoms with E-state index in [1.54, 1.807) is 58.3 Å². The van der Waals surface area contributed by atoms with Crippen molar-refractivity contribution in [3.8, 4) is 11.5 Å². The van der Waals surface area contributed by atoms with Crippen LogP contribution in [0.4, 0.5) is 0 Å². The van der Waals surface area contributed by atoms with Gasteiger partial charge in [-0.2, -0.15) is 0 Å². The Balaban J connectivity index is 0.000000167. The molecule has 4 N–H and O–H groups in total. The molecule has 0 spiro atoms. The van der Waals surface area contributed by atoms with Crippen molar-refractivity contribution >= 4 is 35.1 Å². The molecule has 0 unspecified atom stereocenters. The Kier molecular flexibility index (Phi) is 10.1. The molecule has 8 rings (SSSR count). The van der Waals surface area contributed by atoms with E-state index in [1.165, 1.54) is 0 Å². The van der Waals surface area contributed by atoms with Gasteiger partial charge in [-0.05, 0) is 63.5 Å². The lowest BCUT2D eigenvalue weighted by Gasteiger charge is -2.43. The van der Waals surface area contributed by atoms with Gasteiger partial charge in [0, 0.05) is 93.7 Å². The zero-order chi connectivity index (χ0) is 38.3. The van der Waals surface area contributed by atoms with Crippen molar-refractivity contribution in [2.24, 2.45) is 0 Å². The van der Waals surface area contributed by atoms with E-state index in [4.69, 9.17) is 0 Å². The molecule has 0 atom stereocenters. The average Bonchev–Trinajstić information content (AvgIpc) is 3.13. The number of hydrogen-bond acceptors (Lipinski definition) is 10. The highest BCUT2D eigenvalue weighted by molar-refractivity contribution is 6.07. The molecule has 0 aromatic heterocycles. The predicted octanol–water partition coefficient (Wildman–Crippen LogP) is 5.78. The Morgan fingerprint density at radius 3 is 1.02 bits per heavy atom. The molecular weight excluding hydrogens is 692 g/mol. The zero-order valence-corrected chi connectivity index (χ0v) is 29.8. The number of hydrogen-bond donors (Lipinski definition) is 4.